The Hall–Kier alpha value is -3.02. The molecular formula is C21H24N2O4. The van der Waals surface area contributed by atoms with Gasteiger partial charge in [0.2, 0.25) is 5.91 Å². The molecule has 0 spiro atoms. The molecule has 2 amide bonds. The predicted octanol–water partition coefficient (Wildman–Crippen LogP) is 2.97. The highest BCUT2D eigenvalue weighted by Gasteiger charge is 2.23. The van der Waals surface area contributed by atoms with Crippen molar-refractivity contribution in [2.75, 3.05) is 26.7 Å². The van der Waals surface area contributed by atoms with Gasteiger partial charge in [0, 0.05) is 25.7 Å². The molecule has 1 atom stereocenters. The number of piperidine rings is 1. The molecule has 6 nitrogen and oxygen atoms in total. The van der Waals surface area contributed by atoms with Crippen LogP contribution in [0.5, 0.6) is 5.75 Å². The van der Waals surface area contributed by atoms with Crippen LogP contribution in [-0.4, -0.2) is 43.5 Å². The number of ether oxygens (including phenoxy) is 1. The van der Waals surface area contributed by atoms with Crippen LogP contribution in [0.25, 0.3) is 6.08 Å². The number of carbonyl (C=O) groups excluding carboxylic acids is 2. The van der Waals surface area contributed by atoms with Gasteiger partial charge in [0.1, 0.15) is 5.75 Å². The summed E-state index contributed by atoms with van der Waals surface area (Å²) in [5, 5.41) is 2.88. The van der Waals surface area contributed by atoms with Gasteiger partial charge in [-0.2, -0.15) is 0 Å². The van der Waals surface area contributed by atoms with Gasteiger partial charge in [-0.25, -0.2) is 0 Å². The summed E-state index contributed by atoms with van der Waals surface area (Å²) in [7, 11) is 1.62. The molecule has 0 bridgehead atoms. The molecule has 27 heavy (non-hydrogen) atoms. The zero-order valence-electron chi connectivity index (χ0n) is 15.4. The summed E-state index contributed by atoms with van der Waals surface area (Å²) < 4.78 is 10.2. The van der Waals surface area contributed by atoms with Crippen LogP contribution in [-0.2, 0) is 4.79 Å². The predicted molar refractivity (Wildman–Crippen MR) is 102 cm³/mol. The maximum atomic E-state index is 12.5. The van der Waals surface area contributed by atoms with E-state index in [-0.39, 0.29) is 17.7 Å². The molecule has 1 aromatic heterocycles. The number of hydrogen-bond acceptors (Lipinski definition) is 4. The minimum Gasteiger partial charge on any atom is -0.497 e. The molecule has 0 saturated carbocycles. The second-order valence-electron chi connectivity index (χ2n) is 6.59. The van der Waals surface area contributed by atoms with E-state index in [1.807, 2.05) is 35.2 Å². The number of nitrogens with one attached hydrogen (secondary N) is 1. The van der Waals surface area contributed by atoms with E-state index in [0.29, 0.717) is 18.8 Å². The van der Waals surface area contributed by atoms with Crippen LogP contribution in [0.1, 0.15) is 29.0 Å². The molecule has 142 valence electrons. The maximum Gasteiger partial charge on any atom is 0.286 e. The Morgan fingerprint density at radius 2 is 2.11 bits per heavy atom. The minimum atomic E-state index is -0.220. The molecule has 1 unspecified atom stereocenters. The van der Waals surface area contributed by atoms with Crippen molar-refractivity contribution in [2.24, 2.45) is 5.92 Å². The first-order valence-electron chi connectivity index (χ1n) is 9.08. The topological polar surface area (TPSA) is 71.8 Å². The molecule has 0 aliphatic carbocycles. The van der Waals surface area contributed by atoms with Gasteiger partial charge in [-0.1, -0.05) is 12.1 Å². The molecule has 3 rings (SSSR count). The van der Waals surface area contributed by atoms with Crippen LogP contribution in [0.2, 0.25) is 0 Å². The van der Waals surface area contributed by atoms with E-state index in [2.05, 4.69) is 5.32 Å². The van der Waals surface area contributed by atoms with Gasteiger partial charge in [0.05, 0.1) is 13.4 Å². The highest BCUT2D eigenvalue weighted by atomic mass is 16.5. The number of methoxy groups -OCH3 is 1. The summed E-state index contributed by atoms with van der Waals surface area (Å²) in [4.78, 5) is 26.3. The summed E-state index contributed by atoms with van der Waals surface area (Å²) in [6.07, 6.45) is 6.81. The second kappa shape index (κ2) is 9.07. The first-order chi connectivity index (χ1) is 13.2. The van der Waals surface area contributed by atoms with Crippen LogP contribution in [0.15, 0.2) is 53.2 Å². The average Bonchev–Trinajstić information content (AvgIpc) is 3.26. The van der Waals surface area contributed by atoms with Crippen molar-refractivity contribution in [1.29, 1.82) is 0 Å². The molecular weight excluding hydrogens is 344 g/mol. The van der Waals surface area contributed by atoms with Crippen LogP contribution in [0, 0.1) is 5.92 Å². The summed E-state index contributed by atoms with van der Waals surface area (Å²) >= 11 is 0. The third-order valence-electron chi connectivity index (χ3n) is 4.66. The van der Waals surface area contributed by atoms with E-state index in [1.165, 1.54) is 6.26 Å². The summed E-state index contributed by atoms with van der Waals surface area (Å²) in [5.41, 5.74) is 0.948. The lowest BCUT2D eigenvalue weighted by Crippen LogP contribution is -2.43. The zero-order valence-corrected chi connectivity index (χ0v) is 15.4. The van der Waals surface area contributed by atoms with Gasteiger partial charge in [-0.15, -0.1) is 0 Å². The third-order valence-corrected chi connectivity index (χ3v) is 4.66. The van der Waals surface area contributed by atoms with E-state index >= 15 is 0 Å². The Balaban J connectivity index is 1.49. The Labute approximate surface area is 158 Å². The van der Waals surface area contributed by atoms with Crippen LogP contribution < -0.4 is 10.1 Å². The Morgan fingerprint density at radius 1 is 1.30 bits per heavy atom. The minimum absolute atomic E-state index is 0.00659. The quantitative estimate of drug-likeness (QED) is 0.796. The first-order valence-corrected chi connectivity index (χ1v) is 9.08. The van der Waals surface area contributed by atoms with Crippen molar-refractivity contribution >= 4 is 17.9 Å². The highest BCUT2D eigenvalue weighted by molar-refractivity contribution is 5.92. The fourth-order valence-electron chi connectivity index (χ4n) is 3.15. The van der Waals surface area contributed by atoms with Crippen molar-refractivity contribution in [3.05, 3.63) is 60.1 Å². The smallest absolute Gasteiger partial charge is 0.286 e. The average molecular weight is 368 g/mol. The summed E-state index contributed by atoms with van der Waals surface area (Å²) in [6, 6.07) is 10.9. The van der Waals surface area contributed by atoms with E-state index in [4.69, 9.17) is 9.15 Å². The Kier molecular flexibility index (Phi) is 6.30. The van der Waals surface area contributed by atoms with Gasteiger partial charge >= 0.3 is 0 Å². The number of hydrogen-bond donors (Lipinski definition) is 1. The Bertz CT molecular complexity index is 781. The number of benzene rings is 1. The molecule has 1 aromatic carbocycles. The van der Waals surface area contributed by atoms with Crippen LogP contribution >= 0.6 is 0 Å². The number of amides is 2. The highest BCUT2D eigenvalue weighted by Crippen LogP contribution is 2.17. The molecule has 1 fully saturated rings. The lowest BCUT2D eigenvalue weighted by molar-refractivity contribution is -0.127. The van der Waals surface area contributed by atoms with Crippen LogP contribution in [0.3, 0.4) is 0 Å². The van der Waals surface area contributed by atoms with Gasteiger partial charge in [-0.05, 0) is 54.7 Å². The van der Waals surface area contributed by atoms with Gasteiger partial charge in [0.15, 0.2) is 5.76 Å². The largest absolute Gasteiger partial charge is 0.497 e. The molecule has 6 heteroatoms. The van der Waals surface area contributed by atoms with Crippen molar-refractivity contribution in [1.82, 2.24) is 10.2 Å². The zero-order chi connectivity index (χ0) is 19.1. The van der Waals surface area contributed by atoms with E-state index in [0.717, 1.165) is 30.7 Å². The van der Waals surface area contributed by atoms with E-state index < -0.39 is 0 Å². The van der Waals surface area contributed by atoms with Crippen molar-refractivity contribution < 1.29 is 18.7 Å². The number of carbonyl (C=O) groups is 2. The van der Waals surface area contributed by atoms with Gasteiger partial charge < -0.3 is 19.4 Å². The lowest BCUT2D eigenvalue weighted by Gasteiger charge is -2.32. The van der Waals surface area contributed by atoms with Gasteiger partial charge in [-0.3, -0.25) is 9.59 Å². The monoisotopic (exact) mass is 368 g/mol. The van der Waals surface area contributed by atoms with Gasteiger partial charge in [0.25, 0.3) is 5.91 Å². The summed E-state index contributed by atoms with van der Waals surface area (Å²) in [5.74, 6) is 1.11. The van der Waals surface area contributed by atoms with Crippen molar-refractivity contribution in [3.63, 3.8) is 0 Å². The molecule has 1 N–H and O–H groups in total. The lowest BCUT2D eigenvalue weighted by atomic mass is 9.98. The maximum absolute atomic E-state index is 12.5. The fourth-order valence-corrected chi connectivity index (χ4v) is 3.15. The number of rotatable bonds is 6. The molecule has 0 radical (unpaired) electrons. The number of nitrogens with zero attached hydrogens (tertiary/aromatic N) is 1. The fraction of sp³-hybridized carbons (Fsp3) is 0.333. The molecule has 2 heterocycles. The molecule has 2 aromatic rings. The SMILES string of the molecule is COc1ccc(/C=C/C(=O)N2CCCC(CNC(=O)c3ccco3)C2)cc1. The third kappa shape index (κ3) is 5.23. The Morgan fingerprint density at radius 3 is 2.81 bits per heavy atom. The van der Waals surface area contributed by atoms with Crippen LogP contribution in [0.4, 0.5) is 0 Å². The summed E-state index contributed by atoms with van der Waals surface area (Å²) in [6.45, 7) is 1.92. The second-order valence-corrected chi connectivity index (χ2v) is 6.59. The van der Waals surface area contributed by atoms with Crippen molar-refractivity contribution in [3.8, 4) is 5.75 Å². The molecule has 1 aliphatic rings. The standard InChI is InChI=1S/C21H24N2O4/c1-26-18-9-6-16(7-10-18)8-11-20(24)23-12-2-4-17(15-23)14-22-21(25)19-5-3-13-27-19/h3,5-11,13,17H,2,4,12,14-15H2,1H3,(H,22,25)/b11-8+. The first kappa shape index (κ1) is 18.8. The normalized spacial score (nSPS) is 17.1. The number of furan rings is 1. The van der Waals surface area contributed by atoms with E-state index in [9.17, 15) is 9.59 Å². The molecule has 1 aliphatic heterocycles. The number of likely N-dealkylation sites (tertiary alicyclic amines) is 1. The molecule has 1 saturated heterocycles. The van der Waals surface area contributed by atoms with Crippen molar-refractivity contribution in [2.45, 2.75) is 12.8 Å². The van der Waals surface area contributed by atoms with E-state index in [1.54, 1.807) is 25.3 Å².